The second kappa shape index (κ2) is 11.1. The Morgan fingerprint density at radius 1 is 0.477 bits per heavy atom. The summed E-state index contributed by atoms with van der Waals surface area (Å²) in [5.74, 6) is 0.962. The summed E-state index contributed by atoms with van der Waals surface area (Å²) in [5.41, 5.74) is 12.5. The molecule has 8 rings (SSSR count). The summed E-state index contributed by atoms with van der Waals surface area (Å²) in [7, 11) is 0. The van der Waals surface area contributed by atoms with Crippen LogP contribution in [0, 0.1) is 0 Å². The average Bonchev–Trinajstić information content (AvgIpc) is 3.49. The number of rotatable bonds is 6. The van der Waals surface area contributed by atoms with Gasteiger partial charge in [-0.2, -0.15) is 0 Å². The molecule has 0 saturated carbocycles. The van der Waals surface area contributed by atoms with Crippen LogP contribution in [0.4, 0.5) is 17.1 Å². The zero-order chi connectivity index (χ0) is 29.3. The van der Waals surface area contributed by atoms with Gasteiger partial charge in [0.1, 0.15) is 11.3 Å². The third-order valence-electron chi connectivity index (χ3n) is 8.36. The van der Waals surface area contributed by atoms with Gasteiger partial charge in [-0.15, -0.1) is 0 Å². The van der Waals surface area contributed by atoms with E-state index in [9.17, 15) is 0 Å². The maximum atomic E-state index is 6.31. The van der Waals surface area contributed by atoms with E-state index in [0.29, 0.717) is 6.54 Å². The van der Waals surface area contributed by atoms with Crippen LogP contribution in [0.5, 0.6) is 0 Å². The maximum absolute atomic E-state index is 6.31. The number of nitrogens with zero attached hydrogens (tertiary/aromatic N) is 1. The number of hydrogen-bond donors (Lipinski definition) is 1. The van der Waals surface area contributed by atoms with Crippen molar-refractivity contribution < 1.29 is 4.42 Å². The van der Waals surface area contributed by atoms with Gasteiger partial charge >= 0.3 is 0 Å². The zero-order valence-corrected chi connectivity index (χ0v) is 24.2. The van der Waals surface area contributed by atoms with E-state index in [1.807, 2.05) is 6.20 Å². The van der Waals surface area contributed by atoms with Gasteiger partial charge in [0.15, 0.2) is 0 Å². The minimum atomic E-state index is 0.684. The lowest BCUT2D eigenvalue weighted by Gasteiger charge is -2.27. The van der Waals surface area contributed by atoms with Crippen LogP contribution in [0.3, 0.4) is 0 Å². The fourth-order valence-electron chi connectivity index (χ4n) is 6.14. The monoisotopic (exact) mass is 566 g/mol. The van der Waals surface area contributed by atoms with Crippen molar-refractivity contribution in [1.29, 1.82) is 0 Å². The predicted molar refractivity (Wildman–Crippen MR) is 183 cm³/mol. The molecule has 0 atom stereocenters. The molecule has 0 fully saturated rings. The molecule has 7 aromatic rings. The van der Waals surface area contributed by atoms with E-state index in [4.69, 9.17) is 4.42 Å². The van der Waals surface area contributed by atoms with Gasteiger partial charge in [0.2, 0.25) is 0 Å². The Hall–Kier alpha value is -5.80. The first-order valence-electron chi connectivity index (χ1n) is 15.0. The molecule has 1 N–H and O–H groups in total. The fourth-order valence-corrected chi connectivity index (χ4v) is 6.14. The van der Waals surface area contributed by atoms with Gasteiger partial charge in [0.05, 0.1) is 17.6 Å². The Bertz CT molecular complexity index is 2070. The van der Waals surface area contributed by atoms with E-state index in [0.717, 1.165) is 39.4 Å². The second-order valence-electron chi connectivity index (χ2n) is 11.0. The van der Waals surface area contributed by atoms with Crippen LogP contribution in [-0.2, 0) is 6.54 Å². The Balaban J connectivity index is 1.21. The summed E-state index contributed by atoms with van der Waals surface area (Å²) < 4.78 is 6.31. The Labute approximate surface area is 257 Å². The second-order valence-corrected chi connectivity index (χ2v) is 11.0. The van der Waals surface area contributed by atoms with Gasteiger partial charge in [0.25, 0.3) is 0 Å². The molecule has 0 bridgehead atoms. The summed E-state index contributed by atoms with van der Waals surface area (Å²) in [4.78, 5) is 2.34. The van der Waals surface area contributed by atoms with Crippen LogP contribution >= 0.6 is 0 Å². The quantitative estimate of drug-likeness (QED) is 0.217. The summed E-state index contributed by atoms with van der Waals surface area (Å²) in [5, 5.41) is 4.40. The number of anilines is 3. The normalized spacial score (nSPS) is 12.1. The number of nitrogens with one attached hydrogen (secondary N) is 1. The van der Waals surface area contributed by atoms with Gasteiger partial charge in [-0.1, -0.05) is 115 Å². The van der Waals surface area contributed by atoms with Crippen molar-refractivity contribution in [1.82, 2.24) is 5.32 Å². The lowest BCUT2D eigenvalue weighted by molar-refractivity contribution is 0.532. The number of fused-ring (bicyclic) bond motifs is 3. The molecule has 0 amide bonds. The maximum Gasteiger partial charge on any atom is 0.137 e. The highest BCUT2D eigenvalue weighted by atomic mass is 16.3. The molecule has 3 heteroatoms. The van der Waals surface area contributed by atoms with Crippen LogP contribution in [-0.4, -0.2) is 0 Å². The number of hydrogen-bond acceptors (Lipinski definition) is 3. The number of furan rings is 1. The molecular weight excluding hydrogens is 536 g/mol. The van der Waals surface area contributed by atoms with Crippen LogP contribution in [0.2, 0.25) is 0 Å². The molecule has 0 aliphatic carbocycles. The third-order valence-corrected chi connectivity index (χ3v) is 8.36. The third kappa shape index (κ3) is 4.75. The lowest BCUT2D eigenvalue weighted by Crippen LogP contribution is -2.11. The first kappa shape index (κ1) is 25.9. The molecule has 0 spiro atoms. The summed E-state index contributed by atoms with van der Waals surface area (Å²) in [6.07, 6.45) is 4.12. The van der Waals surface area contributed by atoms with Crippen LogP contribution in [0.15, 0.2) is 162 Å². The predicted octanol–water partition coefficient (Wildman–Crippen LogP) is 11.0. The highest BCUT2D eigenvalue weighted by Gasteiger charge is 2.22. The molecule has 1 aromatic heterocycles. The van der Waals surface area contributed by atoms with Crippen molar-refractivity contribution in [3.63, 3.8) is 0 Å². The van der Waals surface area contributed by atoms with Crippen LogP contribution in [0.25, 0.3) is 50.4 Å². The van der Waals surface area contributed by atoms with Crippen molar-refractivity contribution in [2.24, 2.45) is 0 Å². The molecule has 6 aromatic carbocycles. The van der Waals surface area contributed by atoms with E-state index in [2.05, 4.69) is 168 Å². The molecule has 3 nitrogen and oxygen atoms in total. The molecule has 0 unspecified atom stereocenters. The van der Waals surface area contributed by atoms with Crippen LogP contribution in [0.1, 0.15) is 11.3 Å². The van der Waals surface area contributed by atoms with Gasteiger partial charge in [0, 0.05) is 16.9 Å². The average molecular weight is 567 g/mol. The first-order valence-corrected chi connectivity index (χ1v) is 15.0. The molecular formula is C41H30N2O. The van der Waals surface area contributed by atoms with Crippen molar-refractivity contribution in [3.8, 4) is 33.4 Å². The smallest absolute Gasteiger partial charge is 0.137 e. The van der Waals surface area contributed by atoms with Crippen LogP contribution < -0.4 is 10.2 Å². The van der Waals surface area contributed by atoms with Gasteiger partial charge in [-0.05, 0) is 82.1 Å². The minimum absolute atomic E-state index is 0.684. The molecule has 210 valence electrons. The van der Waals surface area contributed by atoms with E-state index in [-0.39, 0.29) is 0 Å². The van der Waals surface area contributed by atoms with E-state index in [1.54, 1.807) is 0 Å². The fraction of sp³-hybridized carbons (Fsp3) is 0.0244. The highest BCUT2D eigenvalue weighted by Crippen LogP contribution is 2.43. The summed E-state index contributed by atoms with van der Waals surface area (Å²) in [6.45, 7) is 0.684. The topological polar surface area (TPSA) is 28.4 Å². The molecule has 44 heavy (non-hydrogen) atoms. The van der Waals surface area contributed by atoms with Gasteiger partial charge in [-0.3, -0.25) is 0 Å². The largest absolute Gasteiger partial charge is 0.458 e. The van der Waals surface area contributed by atoms with Crippen molar-refractivity contribution >= 4 is 34.1 Å². The Kier molecular flexibility index (Phi) is 6.54. The van der Waals surface area contributed by atoms with Gasteiger partial charge < -0.3 is 14.6 Å². The number of benzene rings is 6. The van der Waals surface area contributed by atoms with Crippen molar-refractivity contribution in [2.45, 2.75) is 6.54 Å². The highest BCUT2D eigenvalue weighted by molar-refractivity contribution is 6.03. The zero-order valence-electron chi connectivity index (χ0n) is 24.2. The van der Waals surface area contributed by atoms with Gasteiger partial charge in [-0.25, -0.2) is 0 Å². The van der Waals surface area contributed by atoms with Crippen molar-refractivity contribution in [2.75, 3.05) is 4.90 Å². The van der Waals surface area contributed by atoms with E-state index >= 15 is 0 Å². The molecule has 1 aliphatic rings. The Morgan fingerprint density at radius 2 is 0.955 bits per heavy atom. The Morgan fingerprint density at radius 3 is 1.48 bits per heavy atom. The SMILES string of the molecule is C1=Cc2c(oc3cccc(N(c4ccc(-c5ccccc5)cc4)c4ccc(-c5ccc(-c6ccccc6)cc5)cc4)c23)CN1. The van der Waals surface area contributed by atoms with Crippen molar-refractivity contribution in [3.05, 3.63) is 169 Å². The molecule has 1 aliphatic heterocycles. The summed E-state index contributed by atoms with van der Waals surface area (Å²) in [6, 6.07) is 53.8. The molecule has 0 radical (unpaired) electrons. The summed E-state index contributed by atoms with van der Waals surface area (Å²) >= 11 is 0. The molecule has 2 heterocycles. The molecule has 0 saturated heterocycles. The van der Waals surface area contributed by atoms with E-state index < -0.39 is 0 Å². The standard InChI is InChI=1S/C41H30N2O/c1-3-8-29(9-4-1)31-14-16-32(17-15-31)34-20-24-36(25-21-34)43(35-22-18-33(19-23-35)30-10-5-2-6-11-30)38-12-7-13-39-41(38)37-26-27-42-28-40(37)44-39/h1-27,42H,28H2. The first-order chi connectivity index (χ1) is 21.8. The van der Waals surface area contributed by atoms with E-state index in [1.165, 1.54) is 33.4 Å². The lowest BCUT2D eigenvalue weighted by atomic mass is 9.99. The minimum Gasteiger partial charge on any atom is -0.458 e.